The van der Waals surface area contributed by atoms with Crippen molar-refractivity contribution in [1.29, 1.82) is 5.26 Å². The SMILES string of the molecule is N#Cc1ccccc1N1CCC(NCCN)C1. The van der Waals surface area contributed by atoms with Crippen molar-refractivity contribution >= 4 is 5.69 Å². The number of anilines is 1. The Hall–Kier alpha value is -1.57. The molecule has 1 unspecified atom stereocenters. The second-order valence-corrected chi connectivity index (χ2v) is 4.30. The van der Waals surface area contributed by atoms with E-state index in [1.807, 2.05) is 24.3 Å². The Morgan fingerprint density at radius 3 is 3.06 bits per heavy atom. The van der Waals surface area contributed by atoms with Crippen LogP contribution in [0.4, 0.5) is 5.69 Å². The third-order valence-electron chi connectivity index (χ3n) is 3.13. The fourth-order valence-corrected chi connectivity index (χ4v) is 2.28. The van der Waals surface area contributed by atoms with Gasteiger partial charge in [-0.25, -0.2) is 0 Å². The number of nitrogens with one attached hydrogen (secondary N) is 1. The summed E-state index contributed by atoms with van der Waals surface area (Å²) in [4.78, 5) is 2.27. The van der Waals surface area contributed by atoms with Crippen molar-refractivity contribution in [2.24, 2.45) is 5.73 Å². The second-order valence-electron chi connectivity index (χ2n) is 4.30. The van der Waals surface area contributed by atoms with E-state index in [-0.39, 0.29) is 0 Å². The van der Waals surface area contributed by atoms with E-state index in [1.165, 1.54) is 0 Å². The van der Waals surface area contributed by atoms with E-state index in [0.717, 1.165) is 37.3 Å². The van der Waals surface area contributed by atoms with Crippen molar-refractivity contribution in [2.75, 3.05) is 31.1 Å². The van der Waals surface area contributed by atoms with Crippen molar-refractivity contribution in [1.82, 2.24) is 5.32 Å². The van der Waals surface area contributed by atoms with Crippen molar-refractivity contribution in [2.45, 2.75) is 12.5 Å². The predicted molar refractivity (Wildman–Crippen MR) is 68.8 cm³/mol. The number of rotatable bonds is 4. The minimum atomic E-state index is 0.491. The Balaban J connectivity index is 2.03. The summed E-state index contributed by atoms with van der Waals surface area (Å²) in [5.74, 6) is 0. The summed E-state index contributed by atoms with van der Waals surface area (Å²) in [6.45, 7) is 3.49. The maximum atomic E-state index is 9.08. The quantitative estimate of drug-likeness (QED) is 0.798. The van der Waals surface area contributed by atoms with E-state index in [1.54, 1.807) is 0 Å². The minimum absolute atomic E-state index is 0.491. The highest BCUT2D eigenvalue weighted by Crippen LogP contribution is 2.23. The Morgan fingerprint density at radius 2 is 2.29 bits per heavy atom. The van der Waals surface area contributed by atoms with Crippen LogP contribution in [0.3, 0.4) is 0 Å². The molecular formula is C13H18N4. The molecule has 3 N–H and O–H groups in total. The van der Waals surface area contributed by atoms with Gasteiger partial charge in [0.2, 0.25) is 0 Å². The molecular weight excluding hydrogens is 212 g/mol. The Morgan fingerprint density at radius 1 is 1.47 bits per heavy atom. The molecule has 1 atom stereocenters. The van der Waals surface area contributed by atoms with Crippen LogP contribution < -0.4 is 16.0 Å². The van der Waals surface area contributed by atoms with E-state index < -0.39 is 0 Å². The standard InChI is InChI=1S/C13H18N4/c14-6-7-16-12-5-8-17(10-12)13-4-2-1-3-11(13)9-15/h1-4,12,16H,5-8,10,14H2. The van der Waals surface area contributed by atoms with Crippen LogP contribution in [0.15, 0.2) is 24.3 Å². The lowest BCUT2D eigenvalue weighted by Crippen LogP contribution is -2.35. The highest BCUT2D eigenvalue weighted by atomic mass is 15.2. The Labute approximate surface area is 102 Å². The van der Waals surface area contributed by atoms with Crippen LogP contribution in [-0.4, -0.2) is 32.2 Å². The van der Waals surface area contributed by atoms with Gasteiger partial charge in [0.1, 0.15) is 6.07 Å². The van der Waals surface area contributed by atoms with E-state index in [2.05, 4.69) is 16.3 Å². The number of hydrogen-bond acceptors (Lipinski definition) is 4. The van der Waals surface area contributed by atoms with Gasteiger partial charge in [0.25, 0.3) is 0 Å². The summed E-state index contributed by atoms with van der Waals surface area (Å²) in [5.41, 5.74) is 7.28. The predicted octanol–water partition coefficient (Wildman–Crippen LogP) is 0.685. The zero-order valence-corrected chi connectivity index (χ0v) is 9.89. The van der Waals surface area contributed by atoms with Gasteiger partial charge in [-0.3, -0.25) is 0 Å². The summed E-state index contributed by atoms with van der Waals surface area (Å²) in [6.07, 6.45) is 1.11. The summed E-state index contributed by atoms with van der Waals surface area (Å²) < 4.78 is 0. The fraction of sp³-hybridized carbons (Fsp3) is 0.462. The average molecular weight is 230 g/mol. The molecule has 0 bridgehead atoms. The van der Waals surface area contributed by atoms with Gasteiger partial charge in [0.15, 0.2) is 0 Å². The number of para-hydroxylation sites is 1. The van der Waals surface area contributed by atoms with Gasteiger partial charge in [-0.2, -0.15) is 5.26 Å². The summed E-state index contributed by atoms with van der Waals surface area (Å²) in [7, 11) is 0. The van der Waals surface area contributed by atoms with Gasteiger partial charge in [0, 0.05) is 32.2 Å². The molecule has 1 heterocycles. The molecule has 1 aliphatic rings. The molecule has 1 fully saturated rings. The van der Waals surface area contributed by atoms with Gasteiger partial charge >= 0.3 is 0 Å². The maximum absolute atomic E-state index is 9.08. The van der Waals surface area contributed by atoms with Crippen LogP contribution in [0.1, 0.15) is 12.0 Å². The number of nitriles is 1. The van der Waals surface area contributed by atoms with E-state index >= 15 is 0 Å². The molecule has 0 aromatic heterocycles. The van der Waals surface area contributed by atoms with Gasteiger partial charge in [-0.15, -0.1) is 0 Å². The highest BCUT2D eigenvalue weighted by molar-refractivity contribution is 5.59. The molecule has 17 heavy (non-hydrogen) atoms. The third-order valence-corrected chi connectivity index (χ3v) is 3.13. The molecule has 0 radical (unpaired) electrons. The first-order valence-electron chi connectivity index (χ1n) is 6.02. The molecule has 0 aliphatic carbocycles. The normalized spacial score (nSPS) is 19.3. The fourth-order valence-electron chi connectivity index (χ4n) is 2.28. The topological polar surface area (TPSA) is 65.1 Å². The summed E-state index contributed by atoms with van der Waals surface area (Å²) in [5, 5.41) is 12.5. The van der Waals surface area contributed by atoms with Crippen LogP contribution >= 0.6 is 0 Å². The van der Waals surface area contributed by atoms with Crippen LogP contribution in [0.5, 0.6) is 0 Å². The van der Waals surface area contributed by atoms with Crippen LogP contribution in [0.25, 0.3) is 0 Å². The number of benzene rings is 1. The molecule has 0 saturated carbocycles. The van der Waals surface area contributed by atoms with Gasteiger partial charge < -0.3 is 16.0 Å². The van der Waals surface area contributed by atoms with Crippen molar-refractivity contribution < 1.29 is 0 Å². The highest BCUT2D eigenvalue weighted by Gasteiger charge is 2.23. The Kier molecular flexibility index (Phi) is 3.97. The zero-order chi connectivity index (χ0) is 12.1. The molecule has 1 aromatic rings. The molecule has 1 aliphatic heterocycles. The van der Waals surface area contributed by atoms with Crippen molar-refractivity contribution in [3.05, 3.63) is 29.8 Å². The van der Waals surface area contributed by atoms with E-state index in [4.69, 9.17) is 11.0 Å². The average Bonchev–Trinajstić information content (AvgIpc) is 2.85. The molecule has 4 nitrogen and oxygen atoms in total. The maximum Gasteiger partial charge on any atom is 0.101 e. The molecule has 2 rings (SSSR count). The van der Waals surface area contributed by atoms with Gasteiger partial charge in [0.05, 0.1) is 11.3 Å². The molecule has 90 valence electrons. The number of nitrogens with two attached hydrogens (primary N) is 1. The number of hydrogen-bond donors (Lipinski definition) is 2. The van der Waals surface area contributed by atoms with Crippen molar-refractivity contribution in [3.63, 3.8) is 0 Å². The molecule has 1 aromatic carbocycles. The third kappa shape index (κ3) is 2.76. The lowest BCUT2D eigenvalue weighted by molar-refractivity contribution is 0.559. The van der Waals surface area contributed by atoms with Crippen LogP contribution in [0, 0.1) is 11.3 Å². The van der Waals surface area contributed by atoms with E-state index in [0.29, 0.717) is 12.6 Å². The second kappa shape index (κ2) is 5.67. The number of nitrogens with zero attached hydrogens (tertiary/aromatic N) is 2. The summed E-state index contributed by atoms with van der Waals surface area (Å²) >= 11 is 0. The van der Waals surface area contributed by atoms with Gasteiger partial charge in [-0.05, 0) is 18.6 Å². The largest absolute Gasteiger partial charge is 0.369 e. The first-order chi connectivity index (χ1) is 8.35. The molecule has 0 spiro atoms. The molecule has 4 heteroatoms. The summed E-state index contributed by atoms with van der Waals surface area (Å²) in [6, 6.07) is 10.5. The minimum Gasteiger partial charge on any atom is -0.369 e. The lowest BCUT2D eigenvalue weighted by atomic mass is 10.2. The van der Waals surface area contributed by atoms with Gasteiger partial charge in [-0.1, -0.05) is 12.1 Å². The first-order valence-corrected chi connectivity index (χ1v) is 6.02. The zero-order valence-electron chi connectivity index (χ0n) is 9.89. The van der Waals surface area contributed by atoms with E-state index in [9.17, 15) is 0 Å². The molecule has 1 saturated heterocycles. The molecule has 0 amide bonds. The lowest BCUT2D eigenvalue weighted by Gasteiger charge is -2.20. The van der Waals surface area contributed by atoms with Crippen molar-refractivity contribution in [3.8, 4) is 6.07 Å². The van der Waals surface area contributed by atoms with Crippen LogP contribution in [-0.2, 0) is 0 Å². The first kappa shape index (κ1) is 11.9. The monoisotopic (exact) mass is 230 g/mol. The Bertz CT molecular complexity index is 410. The smallest absolute Gasteiger partial charge is 0.101 e. The van der Waals surface area contributed by atoms with Crippen LogP contribution in [0.2, 0.25) is 0 Å².